The number of hydrogen-bond donors (Lipinski definition) is 0. The van der Waals surface area contributed by atoms with Gasteiger partial charge in [0.1, 0.15) is 5.69 Å². The zero-order chi connectivity index (χ0) is 20.5. The van der Waals surface area contributed by atoms with Crippen molar-refractivity contribution in [2.75, 3.05) is 5.75 Å². The van der Waals surface area contributed by atoms with E-state index in [1.165, 1.54) is 0 Å². The lowest BCUT2D eigenvalue weighted by atomic mass is 10.1. The molecule has 0 saturated heterocycles. The predicted octanol–water partition coefficient (Wildman–Crippen LogP) is 4.92. The number of aromatic nitrogens is 4. The van der Waals surface area contributed by atoms with Crippen LogP contribution in [0.25, 0.3) is 11.3 Å². The third-order valence-electron chi connectivity index (χ3n) is 4.72. The molecule has 2 aromatic heterocycles. The monoisotopic (exact) mass is 476 g/mol. The predicted molar refractivity (Wildman–Crippen MR) is 117 cm³/mol. The lowest BCUT2D eigenvalue weighted by Crippen LogP contribution is -2.07. The van der Waals surface area contributed by atoms with E-state index in [2.05, 4.69) is 31.2 Å². The molecule has 0 amide bonds. The molecule has 0 atom stereocenters. The molecule has 0 aliphatic heterocycles. The fourth-order valence-electron chi connectivity index (χ4n) is 3.13. The van der Waals surface area contributed by atoms with Crippen molar-refractivity contribution in [1.82, 2.24) is 20.0 Å². The first-order valence-corrected chi connectivity index (χ1v) is 12.3. The highest BCUT2D eigenvalue weighted by molar-refractivity contribution is 9.10. The van der Waals surface area contributed by atoms with E-state index < -0.39 is 9.84 Å². The number of rotatable bonds is 11. The Morgan fingerprint density at radius 1 is 0.931 bits per heavy atom. The van der Waals surface area contributed by atoms with E-state index in [0.717, 1.165) is 49.9 Å². The maximum absolute atomic E-state index is 12.4. The van der Waals surface area contributed by atoms with Gasteiger partial charge in [0.2, 0.25) is 0 Å². The van der Waals surface area contributed by atoms with Crippen molar-refractivity contribution in [2.24, 2.45) is 0 Å². The number of unbranched alkanes of at least 4 members (excludes halogenated alkanes) is 5. The topological polar surface area (TPSA) is 77.7 Å². The molecule has 0 aliphatic carbocycles. The summed E-state index contributed by atoms with van der Waals surface area (Å²) in [7, 11) is -3.21. The third kappa shape index (κ3) is 6.47. The first-order valence-electron chi connectivity index (χ1n) is 9.84. The first-order chi connectivity index (χ1) is 14.1. The van der Waals surface area contributed by atoms with Crippen molar-refractivity contribution in [3.8, 4) is 11.3 Å². The van der Waals surface area contributed by atoms with Crippen LogP contribution in [-0.2, 0) is 16.4 Å². The average molecular weight is 477 g/mol. The van der Waals surface area contributed by atoms with Crippen LogP contribution in [0.5, 0.6) is 0 Å². The van der Waals surface area contributed by atoms with E-state index in [1.54, 1.807) is 30.6 Å². The van der Waals surface area contributed by atoms with Crippen molar-refractivity contribution >= 4 is 25.8 Å². The first kappa shape index (κ1) is 21.6. The van der Waals surface area contributed by atoms with Crippen LogP contribution in [0.15, 0.2) is 64.4 Å². The van der Waals surface area contributed by atoms with Crippen LogP contribution in [0, 0.1) is 0 Å². The van der Waals surface area contributed by atoms with Gasteiger partial charge < -0.3 is 0 Å². The molecule has 0 radical (unpaired) electrons. The smallest absolute Gasteiger partial charge is 0.179 e. The standard InChI is InChI=1S/C21H25BrN4O2S/c22-19-11-5-6-12-21(19)29(27,28)15-8-4-2-1-3-7-14-26-17-20(24-25-26)18-10-9-13-23-16-18/h5-6,9-13,16-17H,1-4,7-8,14-15H2. The molecule has 29 heavy (non-hydrogen) atoms. The van der Waals surface area contributed by atoms with Gasteiger partial charge in [0.05, 0.1) is 16.8 Å². The molecule has 0 N–H and O–H groups in total. The van der Waals surface area contributed by atoms with E-state index >= 15 is 0 Å². The molecule has 0 spiro atoms. The van der Waals surface area contributed by atoms with Gasteiger partial charge in [-0.05, 0) is 53.0 Å². The Labute approximate surface area is 180 Å². The summed E-state index contributed by atoms with van der Waals surface area (Å²) in [6.07, 6.45) is 11.4. The zero-order valence-electron chi connectivity index (χ0n) is 16.2. The highest BCUT2D eigenvalue weighted by Gasteiger charge is 2.16. The van der Waals surface area contributed by atoms with Crippen molar-refractivity contribution in [3.63, 3.8) is 0 Å². The molecule has 3 rings (SSSR count). The fraction of sp³-hybridized carbons (Fsp3) is 0.381. The lowest BCUT2D eigenvalue weighted by molar-refractivity contribution is 0.516. The number of halogens is 1. The van der Waals surface area contributed by atoms with Gasteiger partial charge in [-0.3, -0.25) is 9.67 Å². The molecule has 0 aliphatic rings. The molecule has 1 aromatic carbocycles. The van der Waals surface area contributed by atoms with Crippen molar-refractivity contribution in [2.45, 2.75) is 50.0 Å². The second-order valence-electron chi connectivity index (χ2n) is 6.98. The third-order valence-corrected chi connectivity index (χ3v) is 7.52. The van der Waals surface area contributed by atoms with Gasteiger partial charge in [-0.2, -0.15) is 0 Å². The van der Waals surface area contributed by atoms with Gasteiger partial charge in [-0.15, -0.1) is 5.10 Å². The number of aryl methyl sites for hydroxylation is 1. The summed E-state index contributed by atoms with van der Waals surface area (Å²) < 4.78 is 27.3. The summed E-state index contributed by atoms with van der Waals surface area (Å²) in [5.41, 5.74) is 1.81. The summed E-state index contributed by atoms with van der Waals surface area (Å²) >= 11 is 3.32. The number of nitrogens with zero attached hydrogens (tertiary/aromatic N) is 4. The molecule has 0 bridgehead atoms. The Morgan fingerprint density at radius 3 is 2.45 bits per heavy atom. The molecular formula is C21H25BrN4O2S. The molecular weight excluding hydrogens is 452 g/mol. The molecule has 0 unspecified atom stereocenters. The minimum Gasteiger partial charge on any atom is -0.264 e. The lowest BCUT2D eigenvalue weighted by Gasteiger charge is -2.06. The average Bonchev–Trinajstić information content (AvgIpc) is 3.20. The Balaban J connectivity index is 1.30. The minimum absolute atomic E-state index is 0.200. The van der Waals surface area contributed by atoms with Crippen molar-refractivity contribution in [1.29, 1.82) is 0 Å². The fourth-order valence-corrected chi connectivity index (χ4v) is 5.61. The van der Waals surface area contributed by atoms with Crippen LogP contribution < -0.4 is 0 Å². The highest BCUT2D eigenvalue weighted by atomic mass is 79.9. The minimum atomic E-state index is -3.21. The maximum atomic E-state index is 12.4. The van der Waals surface area contributed by atoms with Gasteiger partial charge in [-0.1, -0.05) is 43.0 Å². The van der Waals surface area contributed by atoms with Crippen LogP contribution in [0.3, 0.4) is 0 Å². The second kappa shape index (κ2) is 10.6. The SMILES string of the molecule is O=S(=O)(CCCCCCCCn1cc(-c2cccnc2)nn1)c1ccccc1Br. The number of hydrogen-bond acceptors (Lipinski definition) is 5. The van der Waals surface area contributed by atoms with E-state index in [0.29, 0.717) is 15.8 Å². The van der Waals surface area contributed by atoms with Crippen LogP contribution in [0.1, 0.15) is 38.5 Å². The molecule has 6 nitrogen and oxygen atoms in total. The van der Waals surface area contributed by atoms with Crippen LogP contribution in [0.2, 0.25) is 0 Å². The Kier molecular flexibility index (Phi) is 7.94. The number of sulfone groups is 1. The van der Waals surface area contributed by atoms with Gasteiger partial charge >= 0.3 is 0 Å². The molecule has 0 saturated carbocycles. The molecule has 154 valence electrons. The quantitative estimate of drug-likeness (QED) is 0.367. The van der Waals surface area contributed by atoms with E-state index in [4.69, 9.17) is 0 Å². The Morgan fingerprint density at radius 2 is 1.69 bits per heavy atom. The van der Waals surface area contributed by atoms with Crippen LogP contribution in [-0.4, -0.2) is 34.1 Å². The number of benzene rings is 1. The largest absolute Gasteiger partial charge is 0.264 e. The normalized spacial score (nSPS) is 11.6. The van der Waals surface area contributed by atoms with Gasteiger partial charge in [0, 0.05) is 29.0 Å². The maximum Gasteiger partial charge on any atom is 0.179 e. The summed E-state index contributed by atoms with van der Waals surface area (Å²) in [5.74, 6) is 0.200. The van der Waals surface area contributed by atoms with Crippen LogP contribution in [0.4, 0.5) is 0 Å². The summed E-state index contributed by atoms with van der Waals surface area (Å²) in [5, 5.41) is 8.36. The van der Waals surface area contributed by atoms with E-state index in [-0.39, 0.29) is 5.75 Å². The number of pyridine rings is 1. The zero-order valence-corrected chi connectivity index (χ0v) is 18.6. The molecule has 8 heteroatoms. The molecule has 3 aromatic rings. The van der Waals surface area contributed by atoms with E-state index in [1.807, 2.05) is 29.1 Å². The van der Waals surface area contributed by atoms with E-state index in [9.17, 15) is 8.42 Å². The Hall–Kier alpha value is -2.06. The summed E-state index contributed by atoms with van der Waals surface area (Å²) in [4.78, 5) is 4.49. The molecule has 2 heterocycles. The summed E-state index contributed by atoms with van der Waals surface area (Å²) in [6.45, 7) is 0.837. The Bertz CT molecular complexity index is 1010. The van der Waals surface area contributed by atoms with Crippen LogP contribution >= 0.6 is 15.9 Å². The highest BCUT2D eigenvalue weighted by Crippen LogP contribution is 2.23. The van der Waals surface area contributed by atoms with Gasteiger partial charge in [0.15, 0.2) is 9.84 Å². The molecule has 0 fully saturated rings. The van der Waals surface area contributed by atoms with Crippen molar-refractivity contribution in [3.05, 3.63) is 59.5 Å². The second-order valence-corrected chi connectivity index (χ2v) is 9.91. The van der Waals surface area contributed by atoms with Crippen molar-refractivity contribution < 1.29 is 8.42 Å². The summed E-state index contributed by atoms with van der Waals surface area (Å²) in [6, 6.07) is 10.9. The van der Waals surface area contributed by atoms with Gasteiger partial charge in [-0.25, -0.2) is 8.42 Å². The van der Waals surface area contributed by atoms with Gasteiger partial charge in [0.25, 0.3) is 0 Å².